The highest BCUT2D eigenvalue weighted by Gasteiger charge is 2.23. The van der Waals surface area contributed by atoms with Crippen LogP contribution in [0.15, 0.2) is 30.3 Å². The summed E-state index contributed by atoms with van der Waals surface area (Å²) in [6.07, 6.45) is 2.52. The van der Waals surface area contributed by atoms with E-state index in [9.17, 15) is 0 Å². The first-order valence-corrected chi connectivity index (χ1v) is 11.2. The largest absolute Gasteiger partial charge is 0.491 e. The van der Waals surface area contributed by atoms with Crippen molar-refractivity contribution in [2.45, 2.75) is 58.8 Å². The molecule has 1 aliphatic heterocycles. The second kappa shape index (κ2) is 9.37. The van der Waals surface area contributed by atoms with Gasteiger partial charge in [0.1, 0.15) is 5.75 Å². The van der Waals surface area contributed by atoms with Crippen molar-refractivity contribution in [1.82, 2.24) is 19.7 Å². The third-order valence-corrected chi connectivity index (χ3v) is 6.01. The lowest BCUT2D eigenvalue weighted by Crippen LogP contribution is -2.34. The number of ether oxygens (including phenoxy) is 2. The molecule has 0 spiro atoms. The Morgan fingerprint density at radius 2 is 2.03 bits per heavy atom. The van der Waals surface area contributed by atoms with Crippen molar-refractivity contribution < 1.29 is 9.47 Å². The van der Waals surface area contributed by atoms with Crippen LogP contribution in [0.2, 0.25) is 0 Å². The molecule has 0 N–H and O–H groups in total. The van der Waals surface area contributed by atoms with Gasteiger partial charge in [-0.3, -0.25) is 9.58 Å². The van der Waals surface area contributed by atoms with Crippen LogP contribution in [0.25, 0.3) is 11.0 Å². The summed E-state index contributed by atoms with van der Waals surface area (Å²) in [6, 6.07) is 10.9. The number of aromatic nitrogens is 3. The minimum Gasteiger partial charge on any atom is -0.491 e. The number of methoxy groups -OCH3 is 1. The molecule has 6 nitrogen and oxygen atoms in total. The van der Waals surface area contributed by atoms with Crippen molar-refractivity contribution >= 4 is 11.0 Å². The smallest absolute Gasteiger partial charge is 0.158 e. The number of fused-ring (bicyclic) bond motifs is 1. The van der Waals surface area contributed by atoms with Gasteiger partial charge in [0.15, 0.2) is 5.65 Å². The summed E-state index contributed by atoms with van der Waals surface area (Å²) in [5.74, 6) is 1.37. The van der Waals surface area contributed by atoms with Crippen LogP contribution < -0.4 is 4.74 Å². The highest BCUT2D eigenvalue weighted by Crippen LogP contribution is 2.29. The SMILES string of the molecule is COCc1cc(CN2CCC[C@@H](c3ccc4c(C)nn(C)c4n3)C2)ccc1OC(C)C. The molecule has 4 rings (SSSR count). The van der Waals surface area contributed by atoms with E-state index in [1.807, 2.05) is 18.7 Å². The summed E-state index contributed by atoms with van der Waals surface area (Å²) in [5, 5.41) is 5.67. The molecule has 1 atom stereocenters. The zero-order chi connectivity index (χ0) is 22.0. The van der Waals surface area contributed by atoms with Crippen LogP contribution in [0.5, 0.6) is 5.75 Å². The molecule has 0 aliphatic carbocycles. The van der Waals surface area contributed by atoms with Crippen LogP contribution in [0, 0.1) is 6.92 Å². The first-order valence-electron chi connectivity index (χ1n) is 11.2. The number of pyridine rings is 1. The van der Waals surface area contributed by atoms with E-state index in [-0.39, 0.29) is 6.10 Å². The Morgan fingerprint density at radius 1 is 1.19 bits per heavy atom. The fourth-order valence-corrected chi connectivity index (χ4v) is 4.61. The average molecular weight is 423 g/mol. The van der Waals surface area contributed by atoms with E-state index in [2.05, 4.69) is 54.2 Å². The Balaban J connectivity index is 1.49. The number of hydrogen-bond acceptors (Lipinski definition) is 5. The molecular weight excluding hydrogens is 388 g/mol. The van der Waals surface area contributed by atoms with Crippen molar-refractivity contribution in [2.75, 3.05) is 20.2 Å². The second-order valence-corrected chi connectivity index (χ2v) is 8.93. The van der Waals surface area contributed by atoms with E-state index >= 15 is 0 Å². The molecule has 31 heavy (non-hydrogen) atoms. The van der Waals surface area contributed by atoms with Crippen LogP contribution in [0.4, 0.5) is 0 Å². The standard InChI is InChI=1S/C25H34N4O2/c1-17(2)31-24-11-8-19(13-21(24)16-30-5)14-29-12-6-7-20(15-29)23-10-9-22-18(3)27-28(4)25(22)26-23/h8-11,13,17,20H,6-7,12,14-16H2,1-5H3/t20-/m1/s1. The summed E-state index contributed by atoms with van der Waals surface area (Å²) in [5.41, 5.74) is 5.62. The summed E-state index contributed by atoms with van der Waals surface area (Å²) < 4.78 is 13.3. The van der Waals surface area contributed by atoms with Gasteiger partial charge in [-0.25, -0.2) is 4.98 Å². The summed E-state index contributed by atoms with van der Waals surface area (Å²) in [7, 11) is 3.71. The normalized spacial score (nSPS) is 17.5. The fourth-order valence-electron chi connectivity index (χ4n) is 4.61. The van der Waals surface area contributed by atoms with Crippen LogP contribution in [-0.4, -0.2) is 46.0 Å². The first kappa shape index (κ1) is 21.8. The number of rotatable bonds is 7. The van der Waals surface area contributed by atoms with Crippen molar-refractivity contribution in [2.24, 2.45) is 7.05 Å². The van der Waals surface area contributed by atoms with E-state index in [1.54, 1.807) is 7.11 Å². The van der Waals surface area contributed by atoms with E-state index in [0.29, 0.717) is 12.5 Å². The molecule has 0 amide bonds. The summed E-state index contributed by atoms with van der Waals surface area (Å²) in [4.78, 5) is 7.52. The average Bonchev–Trinajstić information content (AvgIpc) is 3.03. The lowest BCUT2D eigenvalue weighted by molar-refractivity contribution is 0.174. The lowest BCUT2D eigenvalue weighted by Gasteiger charge is -2.32. The molecule has 3 heterocycles. The van der Waals surface area contributed by atoms with Crippen molar-refractivity contribution in [1.29, 1.82) is 0 Å². The third-order valence-electron chi connectivity index (χ3n) is 6.01. The Kier molecular flexibility index (Phi) is 6.58. The fraction of sp³-hybridized carbons (Fsp3) is 0.520. The highest BCUT2D eigenvalue weighted by atomic mass is 16.5. The zero-order valence-corrected chi connectivity index (χ0v) is 19.4. The number of hydrogen-bond donors (Lipinski definition) is 0. The molecule has 0 bridgehead atoms. The molecule has 0 saturated carbocycles. The number of benzene rings is 1. The lowest BCUT2D eigenvalue weighted by atomic mass is 9.93. The van der Waals surface area contributed by atoms with Crippen LogP contribution in [-0.2, 0) is 24.9 Å². The number of likely N-dealkylation sites (tertiary alicyclic amines) is 1. The maximum Gasteiger partial charge on any atom is 0.158 e. The van der Waals surface area contributed by atoms with E-state index < -0.39 is 0 Å². The molecule has 0 radical (unpaired) electrons. The maximum atomic E-state index is 5.96. The Labute approximate surface area is 185 Å². The van der Waals surface area contributed by atoms with Crippen LogP contribution in [0.1, 0.15) is 55.1 Å². The Hall–Kier alpha value is -2.44. The zero-order valence-electron chi connectivity index (χ0n) is 19.4. The summed E-state index contributed by atoms with van der Waals surface area (Å²) >= 11 is 0. The van der Waals surface area contributed by atoms with Gasteiger partial charge in [-0.1, -0.05) is 6.07 Å². The highest BCUT2D eigenvalue weighted by molar-refractivity contribution is 5.78. The van der Waals surface area contributed by atoms with Crippen molar-refractivity contribution in [3.05, 3.63) is 52.8 Å². The molecule has 1 aliphatic rings. The van der Waals surface area contributed by atoms with Gasteiger partial charge in [0.2, 0.25) is 0 Å². The van der Waals surface area contributed by atoms with Gasteiger partial charge >= 0.3 is 0 Å². The van der Waals surface area contributed by atoms with Gasteiger partial charge in [-0.15, -0.1) is 0 Å². The molecule has 1 fully saturated rings. The molecule has 3 aromatic rings. The Bertz CT molecular complexity index is 1040. The molecule has 1 saturated heterocycles. The quantitative estimate of drug-likeness (QED) is 0.557. The monoisotopic (exact) mass is 422 g/mol. The minimum absolute atomic E-state index is 0.150. The Morgan fingerprint density at radius 3 is 2.81 bits per heavy atom. The molecule has 6 heteroatoms. The third kappa shape index (κ3) is 4.91. The number of nitrogens with zero attached hydrogens (tertiary/aromatic N) is 4. The minimum atomic E-state index is 0.150. The van der Waals surface area contributed by atoms with Crippen molar-refractivity contribution in [3.63, 3.8) is 0 Å². The first-order chi connectivity index (χ1) is 14.9. The number of piperidine rings is 1. The predicted molar refractivity (Wildman–Crippen MR) is 123 cm³/mol. The van der Waals surface area contributed by atoms with Crippen molar-refractivity contribution in [3.8, 4) is 5.75 Å². The van der Waals surface area contributed by atoms with Gasteiger partial charge in [0.05, 0.1) is 18.4 Å². The van der Waals surface area contributed by atoms with Gasteiger partial charge in [0, 0.05) is 49.8 Å². The number of aryl methyl sites for hydroxylation is 2. The van der Waals surface area contributed by atoms with Gasteiger partial charge < -0.3 is 9.47 Å². The van der Waals surface area contributed by atoms with Crippen LogP contribution >= 0.6 is 0 Å². The van der Waals surface area contributed by atoms with Gasteiger partial charge in [-0.2, -0.15) is 5.10 Å². The predicted octanol–water partition coefficient (Wildman–Crippen LogP) is 4.59. The second-order valence-electron chi connectivity index (χ2n) is 8.93. The summed E-state index contributed by atoms with van der Waals surface area (Å²) in [6.45, 7) is 9.79. The molecule has 1 aromatic carbocycles. The van der Waals surface area contributed by atoms with E-state index in [1.165, 1.54) is 24.1 Å². The maximum absolute atomic E-state index is 5.96. The molecule has 166 valence electrons. The molecular formula is C25H34N4O2. The topological polar surface area (TPSA) is 52.4 Å². The van der Waals surface area contributed by atoms with Gasteiger partial charge in [0.25, 0.3) is 0 Å². The molecule has 0 unspecified atom stereocenters. The van der Waals surface area contributed by atoms with Crippen LogP contribution in [0.3, 0.4) is 0 Å². The van der Waals surface area contributed by atoms with E-state index in [4.69, 9.17) is 14.5 Å². The molecule has 2 aromatic heterocycles. The van der Waals surface area contributed by atoms with Gasteiger partial charge in [-0.05, 0) is 70.0 Å². The van der Waals surface area contributed by atoms with E-state index in [0.717, 1.165) is 47.7 Å².